The predicted molar refractivity (Wildman–Crippen MR) is 45.3 cm³/mol. The van der Waals surface area contributed by atoms with E-state index in [9.17, 15) is 0 Å². The monoisotopic (exact) mass is 145 g/mol. The SMILES string of the molecule is [B]c1cnc(/C=C(/C)N)nc1. The minimum atomic E-state index is 0.553. The maximum atomic E-state index is 5.41. The zero-order valence-corrected chi connectivity index (χ0v) is 6.28. The number of hydrogen-bond acceptors (Lipinski definition) is 3. The minimum Gasteiger partial charge on any atom is -0.402 e. The number of hydrogen-bond donors (Lipinski definition) is 1. The highest BCUT2D eigenvalue weighted by Gasteiger charge is 1.89. The first-order chi connectivity index (χ1) is 5.18. The van der Waals surface area contributed by atoms with Crippen molar-refractivity contribution in [3.8, 4) is 0 Å². The second kappa shape index (κ2) is 3.19. The van der Waals surface area contributed by atoms with Gasteiger partial charge in [-0.15, -0.1) is 0 Å². The van der Waals surface area contributed by atoms with Crippen LogP contribution in [0.1, 0.15) is 12.7 Å². The molecule has 0 amide bonds. The van der Waals surface area contributed by atoms with Gasteiger partial charge in [0.15, 0.2) is 5.82 Å². The van der Waals surface area contributed by atoms with Gasteiger partial charge in [0, 0.05) is 24.2 Å². The van der Waals surface area contributed by atoms with Crippen LogP contribution < -0.4 is 11.2 Å². The first-order valence-corrected chi connectivity index (χ1v) is 3.20. The summed E-state index contributed by atoms with van der Waals surface area (Å²) in [6, 6.07) is 0. The molecule has 3 nitrogen and oxygen atoms in total. The van der Waals surface area contributed by atoms with Gasteiger partial charge in [0.2, 0.25) is 0 Å². The topological polar surface area (TPSA) is 51.8 Å². The van der Waals surface area contributed by atoms with E-state index in [1.807, 2.05) is 0 Å². The fourth-order valence-corrected chi connectivity index (χ4v) is 0.626. The van der Waals surface area contributed by atoms with Crippen LogP contribution in [0.2, 0.25) is 0 Å². The fraction of sp³-hybridized carbons (Fsp3) is 0.143. The molecule has 54 valence electrons. The molecule has 0 spiro atoms. The third-order valence-corrected chi connectivity index (χ3v) is 1.05. The first-order valence-electron chi connectivity index (χ1n) is 3.20. The summed E-state index contributed by atoms with van der Waals surface area (Å²) in [5, 5.41) is 0. The summed E-state index contributed by atoms with van der Waals surface area (Å²) in [6.07, 6.45) is 4.77. The zero-order valence-electron chi connectivity index (χ0n) is 6.28. The molecular formula is C7H8BN3. The molecule has 2 radical (unpaired) electrons. The van der Waals surface area contributed by atoms with E-state index in [1.165, 1.54) is 0 Å². The van der Waals surface area contributed by atoms with Crippen molar-refractivity contribution in [3.05, 3.63) is 23.9 Å². The quantitative estimate of drug-likeness (QED) is 0.546. The van der Waals surface area contributed by atoms with Crippen molar-refractivity contribution in [2.24, 2.45) is 5.73 Å². The van der Waals surface area contributed by atoms with Crippen molar-refractivity contribution in [2.75, 3.05) is 0 Å². The van der Waals surface area contributed by atoms with Crippen LogP contribution in [0.15, 0.2) is 18.1 Å². The van der Waals surface area contributed by atoms with Crippen LogP contribution in [0.3, 0.4) is 0 Å². The predicted octanol–water partition coefficient (Wildman–Crippen LogP) is -0.410. The lowest BCUT2D eigenvalue weighted by molar-refractivity contribution is 1.14. The van der Waals surface area contributed by atoms with Gasteiger partial charge in [-0.1, -0.05) is 5.46 Å². The van der Waals surface area contributed by atoms with Gasteiger partial charge in [0.25, 0.3) is 0 Å². The molecule has 0 aliphatic rings. The van der Waals surface area contributed by atoms with E-state index in [2.05, 4.69) is 9.97 Å². The first kappa shape index (κ1) is 7.79. The van der Waals surface area contributed by atoms with E-state index in [0.717, 1.165) is 0 Å². The molecule has 4 heteroatoms. The maximum absolute atomic E-state index is 5.41. The van der Waals surface area contributed by atoms with Crippen molar-refractivity contribution >= 4 is 19.4 Å². The molecule has 0 saturated carbocycles. The molecule has 0 saturated heterocycles. The second-order valence-corrected chi connectivity index (χ2v) is 2.26. The normalized spacial score (nSPS) is 11.5. The van der Waals surface area contributed by atoms with Crippen molar-refractivity contribution < 1.29 is 0 Å². The average Bonchev–Trinajstić information content (AvgIpc) is 1.93. The van der Waals surface area contributed by atoms with Crippen LogP contribution in [-0.4, -0.2) is 17.8 Å². The van der Waals surface area contributed by atoms with Crippen LogP contribution in [0.4, 0.5) is 0 Å². The summed E-state index contributed by atoms with van der Waals surface area (Å²) in [5.74, 6) is 0.583. The Morgan fingerprint density at radius 3 is 2.55 bits per heavy atom. The van der Waals surface area contributed by atoms with Gasteiger partial charge in [0.05, 0.1) is 0 Å². The Morgan fingerprint density at radius 2 is 2.09 bits per heavy atom. The lowest BCUT2D eigenvalue weighted by Gasteiger charge is -1.93. The molecule has 1 heterocycles. The smallest absolute Gasteiger partial charge is 0.153 e. The summed E-state index contributed by atoms with van der Waals surface area (Å²) in [7, 11) is 5.38. The number of rotatable bonds is 1. The Hall–Kier alpha value is -1.32. The maximum Gasteiger partial charge on any atom is 0.153 e. The highest BCUT2D eigenvalue weighted by Crippen LogP contribution is 1.91. The summed E-state index contributed by atoms with van der Waals surface area (Å²) in [5.41, 5.74) is 6.64. The van der Waals surface area contributed by atoms with Crippen molar-refractivity contribution in [2.45, 2.75) is 6.92 Å². The third-order valence-electron chi connectivity index (χ3n) is 1.05. The molecule has 11 heavy (non-hydrogen) atoms. The number of nitrogens with two attached hydrogens (primary N) is 1. The fourth-order valence-electron chi connectivity index (χ4n) is 0.626. The second-order valence-electron chi connectivity index (χ2n) is 2.26. The van der Waals surface area contributed by atoms with E-state index in [1.54, 1.807) is 25.4 Å². The summed E-state index contributed by atoms with van der Waals surface area (Å²) in [6.45, 7) is 1.78. The lowest BCUT2D eigenvalue weighted by atomic mass is 10.0. The number of nitrogens with zero attached hydrogens (tertiary/aromatic N) is 2. The van der Waals surface area contributed by atoms with Crippen molar-refractivity contribution in [3.63, 3.8) is 0 Å². The van der Waals surface area contributed by atoms with Crippen LogP contribution in [0.25, 0.3) is 6.08 Å². The Morgan fingerprint density at radius 1 is 1.55 bits per heavy atom. The Bertz CT molecular complexity index is 262. The molecule has 0 aliphatic heterocycles. The van der Waals surface area contributed by atoms with E-state index >= 15 is 0 Å². The third kappa shape index (κ3) is 2.41. The molecule has 0 atom stereocenters. The van der Waals surface area contributed by atoms with Crippen LogP contribution in [-0.2, 0) is 0 Å². The molecule has 0 unspecified atom stereocenters. The average molecular weight is 145 g/mol. The molecule has 2 N–H and O–H groups in total. The van der Waals surface area contributed by atoms with Gasteiger partial charge < -0.3 is 5.73 Å². The Kier molecular flexibility index (Phi) is 2.26. The zero-order chi connectivity index (χ0) is 8.27. The molecular weight excluding hydrogens is 137 g/mol. The van der Waals surface area contributed by atoms with Crippen LogP contribution >= 0.6 is 0 Å². The minimum absolute atomic E-state index is 0.553. The molecule has 0 fully saturated rings. The Labute approximate surface area is 66.8 Å². The molecule has 1 rings (SSSR count). The van der Waals surface area contributed by atoms with E-state index in [4.69, 9.17) is 13.6 Å². The van der Waals surface area contributed by atoms with E-state index in [0.29, 0.717) is 17.0 Å². The van der Waals surface area contributed by atoms with Gasteiger partial charge >= 0.3 is 0 Å². The number of allylic oxidation sites excluding steroid dienone is 1. The number of aromatic nitrogens is 2. The van der Waals surface area contributed by atoms with Crippen LogP contribution in [0, 0.1) is 0 Å². The van der Waals surface area contributed by atoms with Crippen molar-refractivity contribution in [1.82, 2.24) is 9.97 Å². The highest BCUT2D eigenvalue weighted by molar-refractivity contribution is 6.31. The Balaban J connectivity index is 2.91. The van der Waals surface area contributed by atoms with E-state index < -0.39 is 0 Å². The highest BCUT2D eigenvalue weighted by atomic mass is 14.8. The molecule has 0 aromatic carbocycles. The standard InChI is InChI=1S/C7H8BN3/c1-5(9)2-7-10-3-6(8)4-11-7/h2-4H,9H2,1H3/b5-2-. The molecule has 0 bridgehead atoms. The summed E-state index contributed by atoms with van der Waals surface area (Å²) in [4.78, 5) is 7.85. The summed E-state index contributed by atoms with van der Waals surface area (Å²) >= 11 is 0. The molecule has 1 aromatic rings. The van der Waals surface area contributed by atoms with Gasteiger partial charge in [-0.3, -0.25) is 0 Å². The van der Waals surface area contributed by atoms with Gasteiger partial charge in [-0.2, -0.15) is 0 Å². The summed E-state index contributed by atoms with van der Waals surface area (Å²) < 4.78 is 0. The molecule has 1 aromatic heterocycles. The van der Waals surface area contributed by atoms with Crippen LogP contribution in [0.5, 0.6) is 0 Å². The van der Waals surface area contributed by atoms with Gasteiger partial charge in [-0.25, -0.2) is 9.97 Å². The largest absolute Gasteiger partial charge is 0.402 e. The van der Waals surface area contributed by atoms with Gasteiger partial charge in [-0.05, 0) is 6.92 Å². The van der Waals surface area contributed by atoms with E-state index in [-0.39, 0.29) is 0 Å². The van der Waals surface area contributed by atoms with Crippen molar-refractivity contribution in [1.29, 1.82) is 0 Å². The molecule has 0 aliphatic carbocycles. The lowest BCUT2D eigenvalue weighted by Crippen LogP contribution is -2.05. The van der Waals surface area contributed by atoms with Gasteiger partial charge in [0.1, 0.15) is 7.85 Å².